The lowest BCUT2D eigenvalue weighted by Crippen LogP contribution is -2.26. The monoisotopic (exact) mass is 1330 g/mol. The SMILES string of the molecule is c1ccc(-n2c(-c3cccc(-c4cc5c(c6ccccc46)-c4c(ccc6cc(CCCn7c(-c8cccc(-c9cc%10c(c%11ccccc9%11)-c9c(ccc%11ccccc9%11)C%109c%10ccccc%10-c%10ccccc%109)c8)nc8ccccc87)ccc46)C54c5ccccc5-c5ccccc54)c3)nc3ccccc32)cc1. The van der Waals surface area contributed by atoms with Crippen LogP contribution in [0.1, 0.15) is 56.5 Å². The summed E-state index contributed by atoms with van der Waals surface area (Å²) >= 11 is 0. The summed E-state index contributed by atoms with van der Waals surface area (Å²) in [5.41, 5.74) is 33.7. The van der Waals surface area contributed by atoms with E-state index in [0.29, 0.717) is 0 Å². The van der Waals surface area contributed by atoms with E-state index in [1.165, 1.54) is 154 Å². The Balaban J connectivity index is 0.630. The van der Waals surface area contributed by atoms with Gasteiger partial charge in [-0.15, -0.1) is 0 Å². The Labute approximate surface area is 607 Å². The molecule has 0 aliphatic heterocycles. The quantitative estimate of drug-likeness (QED) is 0.144. The molecule has 2 heterocycles. The third-order valence-electron chi connectivity index (χ3n) is 24.1. The highest BCUT2D eigenvalue weighted by Crippen LogP contribution is 2.68. The number of aryl methyl sites for hydroxylation is 2. The lowest BCUT2D eigenvalue weighted by Gasteiger charge is -2.31. The second-order valence-corrected chi connectivity index (χ2v) is 29.2. The van der Waals surface area contributed by atoms with Crippen LogP contribution in [0.4, 0.5) is 0 Å². The molecule has 0 radical (unpaired) electrons. The number of imidazole rings is 2. The highest BCUT2D eigenvalue weighted by atomic mass is 15.1. The molecular weight excluding hydrogens is 1270 g/mol. The molecule has 17 aromatic carbocycles. The maximum atomic E-state index is 5.52. The standard InChI is InChI=1S/C101H64N4/c1-2-31-69(32-3-1)105-93-49-21-19-47-91(93)103-99(105)68-30-23-28-65(59-68)81-61-89-97(79-41-9-7-35-73(79)81)95-71-53-50-62(57-66(71)52-55-87(95)101(89)84-44-16-12-38-76(84)77-39-13-17-45-85(77)101)25-24-56-104-92-48-20-18-46-90(92)102-98(104)67-29-22-27-64(58-67)80-60-88-96(78-40-8-6-34-72(78)80)94-70-33-5-4-26-63(70)51-54-86(94)100(88)82-42-14-10-36-74(82)75-37-11-15-43-83(75)100/h1-23,26-55,57-61H,24-25,56H2. The van der Waals surface area contributed by atoms with Crippen LogP contribution in [-0.4, -0.2) is 19.1 Å². The fraction of sp³-hybridized carbons (Fsp3) is 0.0495. The molecule has 105 heavy (non-hydrogen) atoms. The van der Waals surface area contributed by atoms with Crippen molar-refractivity contribution in [3.05, 3.63) is 402 Å². The van der Waals surface area contributed by atoms with Crippen molar-refractivity contribution in [3.63, 3.8) is 0 Å². The van der Waals surface area contributed by atoms with Gasteiger partial charge in [0, 0.05) is 23.4 Å². The van der Waals surface area contributed by atoms with Gasteiger partial charge in [-0.05, 0) is 233 Å². The van der Waals surface area contributed by atoms with Gasteiger partial charge in [-0.1, -0.05) is 291 Å². The Bertz CT molecular complexity index is 6870. The molecule has 0 bridgehead atoms. The Morgan fingerprint density at radius 1 is 0.257 bits per heavy atom. The first kappa shape index (κ1) is 58.4. The van der Waals surface area contributed by atoms with Gasteiger partial charge in [-0.3, -0.25) is 4.57 Å². The van der Waals surface area contributed by atoms with Crippen LogP contribution >= 0.6 is 0 Å². The minimum absolute atomic E-state index is 0.511. The Morgan fingerprint density at radius 3 is 1.27 bits per heavy atom. The molecule has 4 aliphatic rings. The largest absolute Gasteiger partial charge is 0.324 e. The number of nitrogens with zero attached hydrogens (tertiary/aromatic N) is 4. The average molecular weight is 1330 g/mol. The Kier molecular flexibility index (Phi) is 12.3. The normalized spacial score (nSPS) is 13.6. The van der Waals surface area contributed by atoms with E-state index in [1.807, 2.05) is 0 Å². The molecular formula is C101H64N4. The van der Waals surface area contributed by atoms with Gasteiger partial charge in [0.1, 0.15) is 11.6 Å². The maximum absolute atomic E-state index is 5.52. The molecule has 23 rings (SSSR count). The number of fused-ring (bicyclic) bond motifs is 30. The molecule has 0 fully saturated rings. The summed E-state index contributed by atoms with van der Waals surface area (Å²) in [4.78, 5) is 10.9. The lowest BCUT2D eigenvalue weighted by atomic mass is 9.70. The number of rotatable bonds is 9. The summed E-state index contributed by atoms with van der Waals surface area (Å²) in [6.45, 7) is 0.802. The molecule has 0 N–H and O–H groups in total. The van der Waals surface area contributed by atoms with Gasteiger partial charge >= 0.3 is 0 Å². The van der Waals surface area contributed by atoms with Crippen molar-refractivity contribution in [2.75, 3.05) is 0 Å². The lowest BCUT2D eigenvalue weighted by molar-refractivity contribution is 0.663. The Morgan fingerprint density at radius 2 is 0.686 bits per heavy atom. The van der Waals surface area contributed by atoms with E-state index in [4.69, 9.17) is 9.97 Å². The first-order valence-corrected chi connectivity index (χ1v) is 36.9. The van der Waals surface area contributed by atoms with Gasteiger partial charge < -0.3 is 4.57 Å². The van der Waals surface area contributed by atoms with Crippen LogP contribution in [0.5, 0.6) is 0 Å². The fourth-order valence-electron chi connectivity index (χ4n) is 19.9. The topological polar surface area (TPSA) is 35.6 Å². The van der Waals surface area contributed by atoms with E-state index in [1.54, 1.807) is 0 Å². The molecule has 4 nitrogen and oxygen atoms in total. The van der Waals surface area contributed by atoms with Gasteiger partial charge in [0.05, 0.1) is 32.9 Å². The van der Waals surface area contributed by atoms with E-state index < -0.39 is 10.8 Å². The minimum Gasteiger partial charge on any atom is -0.324 e. The molecule has 4 heteroatoms. The summed E-state index contributed by atoms with van der Waals surface area (Å²) in [5, 5.41) is 10.1. The van der Waals surface area contributed by atoms with E-state index in [9.17, 15) is 0 Å². The van der Waals surface area contributed by atoms with E-state index in [0.717, 1.165) is 75.5 Å². The van der Waals surface area contributed by atoms with Crippen LogP contribution in [0, 0.1) is 0 Å². The van der Waals surface area contributed by atoms with Gasteiger partial charge in [0.25, 0.3) is 0 Å². The average Bonchev–Trinajstić information content (AvgIpc) is 1.50. The van der Waals surface area contributed by atoms with Gasteiger partial charge in [0.15, 0.2) is 0 Å². The molecule has 4 aliphatic carbocycles. The summed E-state index contributed by atoms with van der Waals surface area (Å²) in [5.74, 6) is 1.91. The zero-order valence-electron chi connectivity index (χ0n) is 57.4. The fourth-order valence-corrected chi connectivity index (χ4v) is 19.9. The summed E-state index contributed by atoms with van der Waals surface area (Å²) in [6, 6.07) is 132. The van der Waals surface area contributed by atoms with Gasteiger partial charge in [-0.2, -0.15) is 0 Å². The number of benzene rings is 17. The third kappa shape index (κ3) is 8.00. The first-order valence-electron chi connectivity index (χ1n) is 36.9. The van der Waals surface area contributed by atoms with Crippen LogP contribution in [0.2, 0.25) is 0 Å². The predicted octanol–water partition coefficient (Wildman–Crippen LogP) is 25.0. The summed E-state index contributed by atoms with van der Waals surface area (Å²) in [6.07, 6.45) is 1.83. The molecule has 2 spiro atoms. The van der Waals surface area contributed by atoms with E-state index in [-0.39, 0.29) is 0 Å². The van der Waals surface area contributed by atoms with Crippen molar-refractivity contribution in [2.45, 2.75) is 30.2 Å². The molecule has 488 valence electrons. The molecule has 0 atom stereocenters. The number of aromatic nitrogens is 4. The first-order chi connectivity index (χ1) is 52.1. The Hall–Kier alpha value is -13.3. The molecule has 0 unspecified atom stereocenters. The van der Waals surface area contributed by atoms with Crippen molar-refractivity contribution in [3.8, 4) is 95.2 Å². The van der Waals surface area contributed by atoms with Crippen molar-refractivity contribution >= 4 is 65.2 Å². The second kappa shape index (κ2) is 22.1. The van der Waals surface area contributed by atoms with Gasteiger partial charge in [-0.25, -0.2) is 9.97 Å². The molecule has 2 aromatic heterocycles. The van der Waals surface area contributed by atoms with Crippen LogP contribution in [-0.2, 0) is 23.8 Å². The highest BCUT2D eigenvalue weighted by molar-refractivity contribution is 6.19. The zero-order chi connectivity index (χ0) is 68.6. The van der Waals surface area contributed by atoms with E-state index >= 15 is 0 Å². The van der Waals surface area contributed by atoms with E-state index in [2.05, 4.69) is 361 Å². The van der Waals surface area contributed by atoms with Crippen molar-refractivity contribution in [2.24, 2.45) is 0 Å². The number of para-hydroxylation sites is 5. The van der Waals surface area contributed by atoms with Crippen molar-refractivity contribution in [1.82, 2.24) is 19.1 Å². The predicted molar refractivity (Wildman–Crippen MR) is 433 cm³/mol. The highest BCUT2D eigenvalue weighted by Gasteiger charge is 2.54. The molecule has 0 saturated heterocycles. The van der Waals surface area contributed by atoms with Crippen molar-refractivity contribution in [1.29, 1.82) is 0 Å². The molecule has 19 aromatic rings. The minimum atomic E-state index is -0.567. The summed E-state index contributed by atoms with van der Waals surface area (Å²) < 4.78 is 4.79. The zero-order valence-corrected chi connectivity index (χ0v) is 57.4. The summed E-state index contributed by atoms with van der Waals surface area (Å²) in [7, 11) is 0. The molecule has 0 saturated carbocycles. The maximum Gasteiger partial charge on any atom is 0.145 e. The van der Waals surface area contributed by atoms with Crippen LogP contribution in [0.25, 0.3) is 160 Å². The van der Waals surface area contributed by atoms with Crippen molar-refractivity contribution < 1.29 is 0 Å². The third-order valence-corrected chi connectivity index (χ3v) is 24.1. The smallest absolute Gasteiger partial charge is 0.145 e. The number of hydrogen-bond acceptors (Lipinski definition) is 2. The van der Waals surface area contributed by atoms with Crippen LogP contribution < -0.4 is 0 Å². The second-order valence-electron chi connectivity index (χ2n) is 29.2. The van der Waals surface area contributed by atoms with Crippen LogP contribution in [0.15, 0.2) is 352 Å². The molecule has 0 amide bonds. The number of hydrogen-bond donors (Lipinski definition) is 0. The van der Waals surface area contributed by atoms with Crippen LogP contribution in [0.3, 0.4) is 0 Å². The van der Waals surface area contributed by atoms with Gasteiger partial charge in [0.2, 0.25) is 0 Å².